The van der Waals surface area contributed by atoms with Gasteiger partial charge in [-0.1, -0.05) is 263 Å². The first-order valence-electron chi connectivity index (χ1n) is 41.8. The molecule has 20 nitrogen and oxygen atoms in total. The van der Waals surface area contributed by atoms with E-state index in [1.165, 1.54) is 121 Å². The fourth-order valence-electron chi connectivity index (χ4n) is 12.6. The largest absolute Gasteiger partial charge is 0.475 e. The number of allylic oxidation sites excluding steroid dienone is 2. The van der Waals surface area contributed by atoms with Crippen molar-refractivity contribution in [2.45, 2.75) is 365 Å². The Morgan fingerprint density at radius 3 is 1.40 bits per heavy atom. The highest BCUT2D eigenvalue weighted by Crippen LogP contribution is 2.53. The molecule has 0 aromatic carbocycles. The van der Waals surface area contributed by atoms with Crippen molar-refractivity contribution in [1.29, 1.82) is 0 Å². The van der Waals surface area contributed by atoms with Crippen molar-refractivity contribution >= 4 is 21.6 Å². The van der Waals surface area contributed by atoms with Crippen LogP contribution in [0.15, 0.2) is 62.8 Å². The van der Waals surface area contributed by atoms with Gasteiger partial charge in [-0.2, -0.15) is 0 Å². The molecule has 2 aliphatic heterocycles. The lowest BCUT2D eigenvalue weighted by molar-refractivity contribution is -0.331. The number of methoxy groups -OCH3 is 2. The van der Waals surface area contributed by atoms with Gasteiger partial charge in [-0.05, 0) is 64.2 Å². The maximum absolute atomic E-state index is 14.8. The minimum atomic E-state index is -4.48. The highest BCUT2D eigenvalue weighted by molar-refractivity contribution is 7.48. The van der Waals surface area contributed by atoms with Crippen LogP contribution in [0.4, 0.5) is 0 Å². The molecule has 13 atom stereocenters. The van der Waals surface area contributed by atoms with E-state index in [0.29, 0.717) is 25.7 Å². The summed E-state index contributed by atoms with van der Waals surface area (Å²) in [6, 6.07) is -1.18. The van der Waals surface area contributed by atoms with E-state index in [-0.39, 0.29) is 77.7 Å². The maximum atomic E-state index is 14.8. The Morgan fingerprint density at radius 2 is 0.903 bits per heavy atom. The van der Waals surface area contributed by atoms with E-state index < -0.39 is 96.8 Å². The van der Waals surface area contributed by atoms with E-state index in [0.717, 1.165) is 141 Å². The number of nitrogens with one attached hydrogen (secondary N) is 1. The zero-order chi connectivity index (χ0) is 76.7. The number of unbranched alkanes of at least 4 members (excludes halogenated alkanes) is 31. The third kappa shape index (κ3) is 47.6. The number of ether oxygens (including phenoxy) is 9. The quantitative estimate of drug-likeness (QED) is 0.0328. The van der Waals surface area contributed by atoms with Crippen molar-refractivity contribution in [3.63, 3.8) is 0 Å². The molecular formula is C81H151NO19P2. The zero-order valence-electron chi connectivity index (χ0n) is 67.6. The van der Waals surface area contributed by atoms with Gasteiger partial charge in [-0.25, -0.2) is 9.13 Å². The predicted molar refractivity (Wildman–Crippen MR) is 415 cm³/mol. The molecule has 0 saturated carbocycles. The summed E-state index contributed by atoms with van der Waals surface area (Å²) in [5, 5.41) is 16.0. The van der Waals surface area contributed by atoms with Gasteiger partial charge in [0, 0.05) is 40.4 Å². The molecule has 2 rings (SSSR count). The predicted octanol–water partition coefficient (Wildman–Crippen LogP) is 20.6. The molecule has 0 aromatic rings. The molecule has 0 aliphatic carbocycles. The van der Waals surface area contributed by atoms with Crippen LogP contribution in [-0.2, 0) is 83.7 Å². The number of carbonyl (C=O) groups is 1. The molecule has 2 fully saturated rings. The first-order chi connectivity index (χ1) is 51.1. The Bertz CT molecular complexity index is 2200. The monoisotopic (exact) mass is 1510 g/mol. The van der Waals surface area contributed by atoms with Gasteiger partial charge in [0.05, 0.1) is 61.7 Å². The average molecular weight is 1510 g/mol. The summed E-state index contributed by atoms with van der Waals surface area (Å²) in [6.45, 7) is 20.3. The Hall–Kier alpha value is -2.01. The van der Waals surface area contributed by atoms with E-state index in [1.807, 2.05) is 0 Å². The number of phosphoric ester groups is 2. The standard InChI is InChI=1S/C81H151NO19P2/c1-11-19-23-27-30-33-36-37-38-39-40-41-44-48-52-57-73(83)82-74-77(91-67-58-70(88-10)56-51-47-26-22-14-4)76(101-103(86,96-61-17-7)97-62-18-8)72(68-87-9)100-80(74)93-69-71-75(84)78(89-63-53-49-45-42-34-31-28-24-20-12-2)79(90-64-54-50-46-43-35-32-29-25-21-13-3)81(99-71)92-65-55-66-98-102(85,94-59-15-5)95-60-16-6/h15-18,33,36,70-72,74-81,84H,5-8,11-14,19-32,34-35,37-69H2,1-4,9-10H3,(H,82,83)/b36-33-/t70-,71-,72-,74-,75-,76-,77-,78+,79-,80-,81?/m1/s1/i63D,64D/t63?,64?,70-,71-,72-,74-,75-,76-,77-,78+,79-,80-,81?. The summed E-state index contributed by atoms with van der Waals surface area (Å²) in [5.41, 5.74) is 0. The van der Waals surface area contributed by atoms with Crippen LogP contribution in [-0.4, -0.2) is 165 Å². The third-order valence-corrected chi connectivity index (χ3v) is 21.4. The van der Waals surface area contributed by atoms with Gasteiger partial charge in [0.2, 0.25) is 5.91 Å². The molecule has 2 saturated heterocycles. The molecule has 22 heteroatoms. The third-order valence-electron chi connectivity index (χ3n) is 18.6. The summed E-state index contributed by atoms with van der Waals surface area (Å²) in [7, 11) is -5.35. The van der Waals surface area contributed by atoms with E-state index in [1.54, 1.807) is 7.11 Å². The van der Waals surface area contributed by atoms with Crippen molar-refractivity contribution in [2.24, 2.45) is 0 Å². The van der Waals surface area contributed by atoms with E-state index >= 15 is 0 Å². The minimum absolute atomic E-state index is 0.0662. The Kier molecular flexibility index (Phi) is 60.7. The zero-order valence-corrected chi connectivity index (χ0v) is 67.3. The molecule has 2 N–H and O–H groups in total. The molecule has 0 bridgehead atoms. The van der Waals surface area contributed by atoms with E-state index in [4.69, 9.17) is 69.8 Å². The maximum Gasteiger partial charge on any atom is 0.475 e. The van der Waals surface area contributed by atoms with Gasteiger partial charge in [-0.15, -0.1) is 26.3 Å². The highest BCUT2D eigenvalue weighted by atomic mass is 31.2. The number of aliphatic hydroxyl groups excluding tert-OH is 1. The SMILES string of the molecule is [2H]C(CCCCCCCCCCC)O[C@H]1[C@H](O)[C@@H](CO[C@@H]2O[C@H](COC)[C@@H](OP(=O)(OCC=C)OCC=C)[C@H](OCC[C@@H](CCCCCCC)OC)[C@H]2NC(=O)CCCCCCCCC/C=C\CCCCCC)OC(OCCCOP(=O)(OCC=C)OCC=C)[C@@H]1OC([2H])CCCCCCCCCCC. The molecule has 0 aromatic heterocycles. The number of phosphoric acid groups is 2. The summed E-state index contributed by atoms with van der Waals surface area (Å²) >= 11 is 0. The Balaban J connectivity index is 2.74. The highest BCUT2D eigenvalue weighted by Gasteiger charge is 2.53. The smallest absolute Gasteiger partial charge is 0.387 e. The van der Waals surface area contributed by atoms with Crippen LogP contribution in [0.5, 0.6) is 0 Å². The fourth-order valence-corrected chi connectivity index (χ4v) is 15.1. The number of aliphatic hydroxyl groups is 1. The van der Waals surface area contributed by atoms with Gasteiger partial charge in [0.15, 0.2) is 12.6 Å². The topological polar surface area (TPSA) is 222 Å². The lowest BCUT2D eigenvalue weighted by Gasteiger charge is -2.47. The molecule has 2 heterocycles. The Morgan fingerprint density at radius 1 is 0.456 bits per heavy atom. The molecule has 2 aliphatic rings. The molecule has 604 valence electrons. The summed E-state index contributed by atoms with van der Waals surface area (Å²) < 4.78 is 141. The molecule has 3 unspecified atom stereocenters. The van der Waals surface area contributed by atoms with Crippen LogP contribution in [0.3, 0.4) is 0 Å². The molecule has 0 spiro atoms. The Labute approximate surface area is 630 Å². The first kappa shape index (κ1) is 93.4. The van der Waals surface area contributed by atoms with Crippen LogP contribution in [0.2, 0.25) is 0 Å². The summed E-state index contributed by atoms with van der Waals surface area (Å²) in [4.78, 5) is 14.6. The van der Waals surface area contributed by atoms with Crippen LogP contribution < -0.4 is 5.32 Å². The van der Waals surface area contributed by atoms with Crippen molar-refractivity contribution in [1.82, 2.24) is 5.32 Å². The normalized spacial score (nSPS) is 22.2. The van der Waals surface area contributed by atoms with Crippen LogP contribution in [0, 0.1) is 0 Å². The van der Waals surface area contributed by atoms with Crippen LogP contribution in [0.25, 0.3) is 0 Å². The van der Waals surface area contributed by atoms with Crippen LogP contribution >= 0.6 is 15.6 Å². The van der Waals surface area contributed by atoms with E-state index in [9.17, 15) is 21.8 Å². The second-order valence-electron chi connectivity index (χ2n) is 27.6. The van der Waals surface area contributed by atoms with Crippen molar-refractivity contribution in [3.05, 3.63) is 62.8 Å². The fraction of sp³-hybridized carbons (Fsp3) is 0.864. The van der Waals surface area contributed by atoms with Gasteiger partial charge in [0.1, 0.15) is 48.8 Å². The second kappa shape index (κ2) is 66.9. The van der Waals surface area contributed by atoms with Gasteiger partial charge < -0.3 is 53.1 Å². The number of hydrogen-bond acceptors (Lipinski definition) is 19. The molecule has 0 radical (unpaired) electrons. The lowest BCUT2D eigenvalue weighted by Crippen LogP contribution is -2.67. The molecular weight excluding hydrogens is 1350 g/mol. The minimum Gasteiger partial charge on any atom is -0.387 e. The number of carbonyl (C=O) groups excluding carboxylic acids is 1. The van der Waals surface area contributed by atoms with Crippen molar-refractivity contribution < 1.29 is 91.5 Å². The van der Waals surface area contributed by atoms with Gasteiger partial charge in [0.25, 0.3) is 0 Å². The second-order valence-corrected chi connectivity index (χ2v) is 30.9. The van der Waals surface area contributed by atoms with Gasteiger partial charge in [-0.3, -0.25) is 31.9 Å². The molecule has 1 amide bonds. The van der Waals surface area contributed by atoms with Crippen molar-refractivity contribution in [2.75, 3.05) is 86.8 Å². The number of hydrogen-bond donors (Lipinski definition) is 2. The molecule has 103 heavy (non-hydrogen) atoms. The van der Waals surface area contributed by atoms with Crippen molar-refractivity contribution in [3.8, 4) is 0 Å². The summed E-state index contributed by atoms with van der Waals surface area (Å²) in [5.74, 6) is -0.316. The van der Waals surface area contributed by atoms with Crippen LogP contribution in [0.1, 0.15) is 300 Å². The first-order valence-corrected chi connectivity index (χ1v) is 43.6. The number of rotatable bonds is 76. The number of amides is 1. The lowest BCUT2D eigenvalue weighted by atomic mass is 9.95. The van der Waals surface area contributed by atoms with E-state index in [2.05, 4.69) is 71.5 Å². The average Bonchev–Trinajstić information content (AvgIpc) is 0.782. The van der Waals surface area contributed by atoms with Gasteiger partial charge >= 0.3 is 15.6 Å². The summed E-state index contributed by atoms with van der Waals surface area (Å²) in [6.07, 6.45) is 40.3.